The van der Waals surface area contributed by atoms with Gasteiger partial charge in [-0.25, -0.2) is 0 Å². The molecule has 2 aromatic carbocycles. The van der Waals surface area contributed by atoms with Gasteiger partial charge in [0.25, 0.3) is 0 Å². The molecule has 0 aliphatic heterocycles. The van der Waals surface area contributed by atoms with Crippen LogP contribution in [0.3, 0.4) is 0 Å². The second-order valence-electron chi connectivity index (χ2n) is 5.91. The van der Waals surface area contributed by atoms with Gasteiger partial charge in [-0.2, -0.15) is 0 Å². The van der Waals surface area contributed by atoms with Crippen molar-refractivity contribution in [2.24, 2.45) is 5.73 Å². The number of aryl methyl sites for hydroxylation is 2. The Bertz CT molecular complexity index is 635. The van der Waals surface area contributed by atoms with Gasteiger partial charge in [0.2, 0.25) is 0 Å². The lowest BCUT2D eigenvalue weighted by Crippen LogP contribution is -2.35. The summed E-state index contributed by atoms with van der Waals surface area (Å²) in [6, 6.07) is 15.0. The largest absolute Gasteiger partial charge is 0.330 e. The maximum absolute atomic E-state index is 6.41. The minimum Gasteiger partial charge on any atom is -0.330 e. The van der Waals surface area contributed by atoms with Crippen LogP contribution in [0.15, 0.2) is 42.5 Å². The maximum Gasteiger partial charge on any atom is 0.0440 e. The molecule has 0 bridgehead atoms. The Balaban J connectivity index is 1.99. The fourth-order valence-electron chi connectivity index (χ4n) is 3.39. The molecule has 0 fully saturated rings. The Morgan fingerprint density at radius 2 is 2.00 bits per heavy atom. The number of hydrogen-bond acceptors (Lipinski definition) is 1. The van der Waals surface area contributed by atoms with E-state index in [0.29, 0.717) is 6.54 Å². The van der Waals surface area contributed by atoms with Crippen LogP contribution in [0.4, 0.5) is 0 Å². The zero-order chi connectivity index (χ0) is 14.2. The van der Waals surface area contributed by atoms with Crippen molar-refractivity contribution in [1.29, 1.82) is 0 Å². The van der Waals surface area contributed by atoms with Crippen LogP contribution < -0.4 is 5.73 Å². The molecule has 2 aromatic rings. The minimum absolute atomic E-state index is 0.0511. The molecule has 0 radical (unpaired) electrons. The van der Waals surface area contributed by atoms with Gasteiger partial charge in [0.05, 0.1) is 0 Å². The highest BCUT2D eigenvalue weighted by Gasteiger charge is 2.37. The molecule has 0 saturated carbocycles. The summed E-state index contributed by atoms with van der Waals surface area (Å²) in [4.78, 5) is 0. The first kappa shape index (κ1) is 13.7. The third-order valence-corrected chi connectivity index (χ3v) is 4.94. The van der Waals surface area contributed by atoms with E-state index in [1.165, 1.54) is 22.3 Å². The van der Waals surface area contributed by atoms with E-state index in [1.807, 2.05) is 6.07 Å². The van der Waals surface area contributed by atoms with Crippen molar-refractivity contribution in [3.8, 4) is 0 Å². The standard InChI is InChI=1S/C18H20ClN/c1-13-6-7-15(17(19)10-13)11-18(12-20)9-8-14-4-2-3-5-16(14)18/h2-7,10H,8-9,11-12,20H2,1H3. The van der Waals surface area contributed by atoms with Gasteiger partial charge >= 0.3 is 0 Å². The summed E-state index contributed by atoms with van der Waals surface area (Å²) in [7, 11) is 0. The molecule has 1 nitrogen and oxygen atoms in total. The van der Waals surface area contributed by atoms with E-state index in [-0.39, 0.29) is 5.41 Å². The van der Waals surface area contributed by atoms with Crippen molar-refractivity contribution in [3.05, 3.63) is 69.7 Å². The summed E-state index contributed by atoms with van der Waals surface area (Å²) in [5, 5.41) is 0.863. The zero-order valence-electron chi connectivity index (χ0n) is 11.8. The number of benzene rings is 2. The summed E-state index contributed by atoms with van der Waals surface area (Å²) in [6.07, 6.45) is 3.17. The highest BCUT2D eigenvalue weighted by molar-refractivity contribution is 6.31. The lowest BCUT2D eigenvalue weighted by molar-refractivity contribution is 0.432. The summed E-state index contributed by atoms with van der Waals surface area (Å²) in [6.45, 7) is 2.74. The van der Waals surface area contributed by atoms with E-state index in [4.69, 9.17) is 17.3 Å². The first-order valence-electron chi connectivity index (χ1n) is 7.18. The highest BCUT2D eigenvalue weighted by Crippen LogP contribution is 2.41. The van der Waals surface area contributed by atoms with E-state index in [9.17, 15) is 0 Å². The van der Waals surface area contributed by atoms with E-state index in [1.54, 1.807) is 0 Å². The van der Waals surface area contributed by atoms with E-state index in [0.717, 1.165) is 24.3 Å². The van der Waals surface area contributed by atoms with Gasteiger partial charge in [-0.05, 0) is 54.5 Å². The van der Waals surface area contributed by atoms with Gasteiger partial charge in [-0.1, -0.05) is 48.0 Å². The van der Waals surface area contributed by atoms with Crippen LogP contribution >= 0.6 is 11.6 Å². The number of rotatable bonds is 3. The van der Waals surface area contributed by atoms with Gasteiger partial charge < -0.3 is 5.73 Å². The number of halogens is 1. The molecule has 3 rings (SSSR count). The number of fused-ring (bicyclic) bond motifs is 1. The average molecular weight is 286 g/mol. The molecule has 1 atom stereocenters. The summed E-state index contributed by atoms with van der Waals surface area (Å²) < 4.78 is 0. The maximum atomic E-state index is 6.41. The number of nitrogens with two attached hydrogens (primary N) is 1. The van der Waals surface area contributed by atoms with Crippen LogP contribution in [0.2, 0.25) is 5.02 Å². The molecular formula is C18H20ClN. The van der Waals surface area contributed by atoms with Crippen LogP contribution in [-0.2, 0) is 18.3 Å². The zero-order valence-corrected chi connectivity index (χ0v) is 12.6. The van der Waals surface area contributed by atoms with E-state index >= 15 is 0 Å². The average Bonchev–Trinajstić information content (AvgIpc) is 2.82. The number of hydrogen-bond donors (Lipinski definition) is 1. The smallest absolute Gasteiger partial charge is 0.0440 e. The SMILES string of the molecule is Cc1ccc(CC2(CN)CCc3ccccc32)c(Cl)c1. The third-order valence-electron chi connectivity index (χ3n) is 4.59. The minimum atomic E-state index is 0.0511. The molecule has 1 aliphatic carbocycles. The molecule has 0 heterocycles. The summed E-state index contributed by atoms with van der Waals surface area (Å²) in [5.74, 6) is 0. The van der Waals surface area contributed by atoms with Gasteiger partial charge in [0, 0.05) is 17.0 Å². The van der Waals surface area contributed by atoms with Gasteiger partial charge in [-0.3, -0.25) is 0 Å². The molecule has 2 N–H and O–H groups in total. The van der Waals surface area contributed by atoms with Gasteiger partial charge in [-0.15, -0.1) is 0 Å². The van der Waals surface area contributed by atoms with Crippen LogP contribution in [0.1, 0.15) is 28.7 Å². The fraction of sp³-hybridized carbons (Fsp3) is 0.333. The van der Waals surface area contributed by atoms with Crippen LogP contribution in [0.25, 0.3) is 0 Å². The van der Waals surface area contributed by atoms with Gasteiger partial charge in [0.1, 0.15) is 0 Å². The lowest BCUT2D eigenvalue weighted by Gasteiger charge is -2.29. The van der Waals surface area contributed by atoms with Crippen molar-refractivity contribution in [2.45, 2.75) is 31.6 Å². The second kappa shape index (κ2) is 5.23. The van der Waals surface area contributed by atoms with E-state index < -0.39 is 0 Å². The molecular weight excluding hydrogens is 266 g/mol. The van der Waals surface area contributed by atoms with Crippen LogP contribution in [-0.4, -0.2) is 6.54 Å². The Kier molecular flexibility index (Phi) is 3.57. The molecule has 2 heteroatoms. The van der Waals surface area contributed by atoms with Crippen LogP contribution in [0.5, 0.6) is 0 Å². The molecule has 0 saturated heterocycles. The molecule has 104 valence electrons. The van der Waals surface area contributed by atoms with Crippen molar-refractivity contribution in [3.63, 3.8) is 0 Å². The van der Waals surface area contributed by atoms with E-state index in [2.05, 4.69) is 43.3 Å². The molecule has 0 aromatic heterocycles. The van der Waals surface area contributed by atoms with Crippen molar-refractivity contribution < 1.29 is 0 Å². The van der Waals surface area contributed by atoms with Crippen molar-refractivity contribution >= 4 is 11.6 Å². The molecule has 1 unspecified atom stereocenters. The topological polar surface area (TPSA) is 26.0 Å². The molecule has 20 heavy (non-hydrogen) atoms. The Morgan fingerprint density at radius 3 is 2.75 bits per heavy atom. The normalized spacial score (nSPS) is 20.9. The van der Waals surface area contributed by atoms with Crippen LogP contribution in [0, 0.1) is 6.92 Å². The first-order chi connectivity index (χ1) is 9.64. The summed E-state index contributed by atoms with van der Waals surface area (Å²) in [5.41, 5.74) is 11.5. The fourth-order valence-corrected chi connectivity index (χ4v) is 3.69. The quantitative estimate of drug-likeness (QED) is 0.905. The monoisotopic (exact) mass is 285 g/mol. The molecule has 0 spiro atoms. The first-order valence-corrected chi connectivity index (χ1v) is 7.56. The Hall–Kier alpha value is -1.31. The Morgan fingerprint density at radius 1 is 1.20 bits per heavy atom. The van der Waals surface area contributed by atoms with Crippen molar-refractivity contribution in [2.75, 3.05) is 6.54 Å². The third kappa shape index (κ3) is 2.25. The van der Waals surface area contributed by atoms with Gasteiger partial charge in [0.15, 0.2) is 0 Å². The van der Waals surface area contributed by atoms with Crippen molar-refractivity contribution in [1.82, 2.24) is 0 Å². The predicted molar refractivity (Wildman–Crippen MR) is 85.4 cm³/mol. The summed E-state index contributed by atoms with van der Waals surface area (Å²) >= 11 is 6.41. The predicted octanol–water partition coefficient (Wildman–Crippen LogP) is 4.03. The highest BCUT2D eigenvalue weighted by atomic mass is 35.5. The molecule has 1 aliphatic rings. The lowest BCUT2D eigenvalue weighted by atomic mass is 9.76. The second-order valence-corrected chi connectivity index (χ2v) is 6.32. The molecule has 0 amide bonds. The Labute approximate surface area is 125 Å².